The molecule has 0 bridgehead atoms. The van der Waals surface area contributed by atoms with Gasteiger partial charge in [-0.2, -0.15) is 0 Å². The molecule has 9 nitrogen and oxygen atoms in total. The number of carbonyl (C=O) groups is 2. The SMILES string of the molecule is O=C(O)NCc1cccc(Oc2ccccc2)c1.O=C(O)c1ccccc1[N+](=O)[O-]. The maximum Gasteiger partial charge on any atom is 0.404 e. The molecule has 0 saturated carbocycles. The van der Waals surface area contributed by atoms with Crippen LogP contribution >= 0.6 is 0 Å². The van der Waals surface area contributed by atoms with Crippen LogP contribution in [0, 0.1) is 10.1 Å². The van der Waals surface area contributed by atoms with Gasteiger partial charge < -0.3 is 20.3 Å². The van der Waals surface area contributed by atoms with Crippen molar-refractivity contribution in [1.82, 2.24) is 5.32 Å². The number of nitrogens with one attached hydrogen (secondary N) is 1. The molecule has 1 amide bonds. The quantitative estimate of drug-likeness (QED) is 0.400. The van der Waals surface area contributed by atoms with Crippen molar-refractivity contribution in [3.63, 3.8) is 0 Å². The molecule has 0 unspecified atom stereocenters. The van der Waals surface area contributed by atoms with Gasteiger partial charge in [-0.3, -0.25) is 10.1 Å². The third-order valence-electron chi connectivity index (χ3n) is 3.65. The zero-order valence-corrected chi connectivity index (χ0v) is 15.6. The summed E-state index contributed by atoms with van der Waals surface area (Å²) < 4.78 is 5.65. The summed E-state index contributed by atoms with van der Waals surface area (Å²) in [5.74, 6) is 0.147. The number of ether oxygens (including phenoxy) is 1. The minimum Gasteiger partial charge on any atom is -0.477 e. The Kier molecular flexibility index (Phi) is 7.89. The molecule has 3 rings (SSSR count). The fourth-order valence-corrected chi connectivity index (χ4v) is 2.33. The smallest absolute Gasteiger partial charge is 0.404 e. The highest BCUT2D eigenvalue weighted by Gasteiger charge is 2.17. The van der Waals surface area contributed by atoms with Crippen LogP contribution in [0.3, 0.4) is 0 Å². The fourth-order valence-electron chi connectivity index (χ4n) is 2.33. The van der Waals surface area contributed by atoms with E-state index in [0.29, 0.717) is 5.75 Å². The first-order valence-electron chi connectivity index (χ1n) is 8.62. The third-order valence-corrected chi connectivity index (χ3v) is 3.65. The number of hydrogen-bond donors (Lipinski definition) is 3. The highest BCUT2D eigenvalue weighted by Crippen LogP contribution is 2.21. The summed E-state index contributed by atoms with van der Waals surface area (Å²) >= 11 is 0. The van der Waals surface area contributed by atoms with E-state index in [1.54, 1.807) is 0 Å². The van der Waals surface area contributed by atoms with E-state index in [1.807, 2.05) is 54.6 Å². The Balaban J connectivity index is 0.000000232. The molecule has 0 aromatic heterocycles. The van der Waals surface area contributed by atoms with E-state index >= 15 is 0 Å². The van der Waals surface area contributed by atoms with E-state index in [4.69, 9.17) is 14.9 Å². The summed E-state index contributed by atoms with van der Waals surface area (Å²) in [4.78, 5) is 30.4. The van der Waals surface area contributed by atoms with E-state index < -0.39 is 17.0 Å². The highest BCUT2D eigenvalue weighted by molar-refractivity contribution is 5.92. The molecule has 0 aliphatic heterocycles. The van der Waals surface area contributed by atoms with E-state index in [2.05, 4.69) is 5.32 Å². The van der Waals surface area contributed by atoms with Gasteiger partial charge in [0.15, 0.2) is 0 Å². The van der Waals surface area contributed by atoms with E-state index in [9.17, 15) is 19.7 Å². The normalized spacial score (nSPS) is 9.60. The number of rotatable bonds is 6. The maximum absolute atomic E-state index is 10.4. The van der Waals surface area contributed by atoms with Crippen LogP contribution in [0.4, 0.5) is 10.5 Å². The monoisotopic (exact) mass is 410 g/mol. The molecular formula is C21H18N2O7. The molecule has 3 aromatic rings. The summed E-state index contributed by atoms with van der Waals surface area (Å²) in [6.45, 7) is 0.265. The second-order valence-corrected chi connectivity index (χ2v) is 5.80. The number of nitrogens with zero attached hydrogens (tertiary/aromatic N) is 1. The van der Waals surface area contributed by atoms with Crippen molar-refractivity contribution in [3.8, 4) is 11.5 Å². The summed E-state index contributed by atoms with van der Waals surface area (Å²) in [5.41, 5.74) is 0.179. The molecule has 154 valence electrons. The number of nitro benzene ring substituents is 1. The maximum atomic E-state index is 10.4. The predicted octanol–water partition coefficient (Wildman–Crippen LogP) is 4.54. The highest BCUT2D eigenvalue weighted by atomic mass is 16.6. The van der Waals surface area contributed by atoms with Crippen molar-refractivity contribution < 1.29 is 29.5 Å². The molecule has 3 N–H and O–H groups in total. The molecule has 0 atom stereocenters. The van der Waals surface area contributed by atoms with Gasteiger partial charge in [-0.1, -0.05) is 42.5 Å². The molecule has 30 heavy (non-hydrogen) atoms. The molecule has 0 saturated heterocycles. The summed E-state index contributed by atoms with van der Waals surface area (Å²) in [6.07, 6.45) is -1.04. The number of benzene rings is 3. The van der Waals surface area contributed by atoms with E-state index in [-0.39, 0.29) is 17.8 Å². The van der Waals surface area contributed by atoms with Crippen LogP contribution in [0.15, 0.2) is 78.9 Å². The minimum atomic E-state index is -1.29. The zero-order valence-electron chi connectivity index (χ0n) is 15.6. The van der Waals surface area contributed by atoms with Crippen LogP contribution in [0.2, 0.25) is 0 Å². The molecule has 0 radical (unpaired) electrons. The Labute approximate surface area is 171 Å². The van der Waals surface area contributed by atoms with Crippen molar-refractivity contribution in [2.45, 2.75) is 6.54 Å². The van der Waals surface area contributed by atoms with Crippen molar-refractivity contribution in [2.24, 2.45) is 0 Å². The Bertz CT molecular complexity index is 990. The van der Waals surface area contributed by atoms with Crippen molar-refractivity contribution in [3.05, 3.63) is 100 Å². The Morgan fingerprint density at radius 2 is 1.53 bits per heavy atom. The second-order valence-electron chi connectivity index (χ2n) is 5.80. The van der Waals surface area contributed by atoms with Gasteiger partial charge in [0.1, 0.15) is 17.1 Å². The van der Waals surface area contributed by atoms with Gasteiger partial charge in [-0.05, 0) is 35.9 Å². The van der Waals surface area contributed by atoms with E-state index in [0.717, 1.165) is 17.4 Å². The van der Waals surface area contributed by atoms with Crippen LogP contribution in [-0.2, 0) is 6.54 Å². The standard InChI is InChI=1S/C14H13NO3.C7H5NO4/c16-14(17)15-10-11-5-4-8-13(9-11)18-12-6-2-1-3-7-12;9-7(10)5-3-1-2-4-6(5)8(11)12/h1-9,15H,10H2,(H,16,17);1-4H,(H,9,10). The van der Waals surface area contributed by atoms with Crippen LogP contribution < -0.4 is 10.1 Å². The number of amides is 1. The lowest BCUT2D eigenvalue weighted by Crippen LogP contribution is -2.19. The first kappa shape index (κ1) is 21.9. The summed E-state index contributed by atoms with van der Waals surface area (Å²) in [6, 6.07) is 22.0. The largest absolute Gasteiger partial charge is 0.477 e. The van der Waals surface area contributed by atoms with Crippen LogP contribution in [0.25, 0.3) is 0 Å². The Morgan fingerprint density at radius 3 is 2.13 bits per heavy atom. The average Bonchev–Trinajstić information content (AvgIpc) is 2.73. The molecule has 9 heteroatoms. The van der Waals surface area contributed by atoms with Crippen molar-refractivity contribution in [1.29, 1.82) is 0 Å². The number of aromatic carboxylic acids is 1. The Hall–Kier alpha value is -4.40. The lowest BCUT2D eigenvalue weighted by atomic mass is 10.2. The number of para-hydroxylation sites is 2. The lowest BCUT2D eigenvalue weighted by Gasteiger charge is -2.07. The van der Waals surface area contributed by atoms with Gasteiger partial charge in [-0.15, -0.1) is 0 Å². The number of carboxylic acids is 1. The van der Waals surface area contributed by atoms with Gasteiger partial charge in [0.05, 0.1) is 4.92 Å². The first-order chi connectivity index (χ1) is 14.4. The van der Waals surface area contributed by atoms with Gasteiger partial charge in [-0.25, -0.2) is 9.59 Å². The fraction of sp³-hybridized carbons (Fsp3) is 0.0476. The molecule has 0 heterocycles. The molecule has 3 aromatic carbocycles. The van der Waals surface area contributed by atoms with Crippen LogP contribution in [0.1, 0.15) is 15.9 Å². The minimum absolute atomic E-state index is 0.265. The Morgan fingerprint density at radius 1 is 0.900 bits per heavy atom. The molecule has 0 aliphatic rings. The number of hydrogen-bond acceptors (Lipinski definition) is 5. The van der Waals surface area contributed by atoms with Crippen LogP contribution in [-0.4, -0.2) is 27.2 Å². The zero-order chi connectivity index (χ0) is 21.9. The molecule has 0 aliphatic carbocycles. The lowest BCUT2D eigenvalue weighted by molar-refractivity contribution is -0.385. The molecule has 0 spiro atoms. The topological polar surface area (TPSA) is 139 Å². The predicted molar refractivity (Wildman–Crippen MR) is 108 cm³/mol. The average molecular weight is 410 g/mol. The van der Waals surface area contributed by atoms with Gasteiger partial charge in [0.2, 0.25) is 0 Å². The summed E-state index contributed by atoms with van der Waals surface area (Å²) in [5, 5.41) is 29.6. The second kappa shape index (κ2) is 10.8. The van der Waals surface area contributed by atoms with Crippen molar-refractivity contribution >= 4 is 17.7 Å². The third kappa shape index (κ3) is 6.97. The van der Waals surface area contributed by atoms with E-state index in [1.165, 1.54) is 18.2 Å². The first-order valence-corrected chi connectivity index (χ1v) is 8.62. The van der Waals surface area contributed by atoms with Crippen molar-refractivity contribution in [2.75, 3.05) is 0 Å². The molecular weight excluding hydrogens is 392 g/mol. The van der Waals surface area contributed by atoms with Gasteiger partial charge in [0, 0.05) is 12.6 Å². The van der Waals surface area contributed by atoms with Gasteiger partial charge >= 0.3 is 12.1 Å². The van der Waals surface area contributed by atoms with Gasteiger partial charge in [0.25, 0.3) is 5.69 Å². The molecule has 0 fully saturated rings. The number of carboxylic acid groups (broad SMARTS) is 2. The van der Waals surface area contributed by atoms with Crippen LogP contribution in [0.5, 0.6) is 11.5 Å². The summed E-state index contributed by atoms with van der Waals surface area (Å²) in [7, 11) is 0. The number of nitro groups is 1.